The highest BCUT2D eigenvalue weighted by molar-refractivity contribution is 6.05. The van der Waals surface area contributed by atoms with Crippen LogP contribution in [0, 0.1) is 19.7 Å². The molecule has 0 amide bonds. The summed E-state index contributed by atoms with van der Waals surface area (Å²) < 4.78 is 13.1. The first kappa shape index (κ1) is 46.0. The molecule has 6 aromatic carbocycles. The zero-order valence-corrected chi connectivity index (χ0v) is 37.9. The van der Waals surface area contributed by atoms with Gasteiger partial charge in [0.05, 0.1) is 23.8 Å². The minimum Gasteiger partial charge on any atom is -0.489 e. The van der Waals surface area contributed by atoms with E-state index in [1.807, 2.05) is 72.8 Å². The van der Waals surface area contributed by atoms with E-state index in [0.717, 1.165) is 76.3 Å². The Kier molecular flexibility index (Phi) is 13.7. The maximum absolute atomic E-state index is 7.33. The van der Waals surface area contributed by atoms with Crippen LogP contribution in [0.1, 0.15) is 70.9 Å². The Balaban J connectivity index is 0.000000170. The van der Waals surface area contributed by atoms with E-state index >= 15 is 0 Å². The molecule has 11 rings (SSSR count). The number of hydrogen-bond donors (Lipinski definition) is 3. The van der Waals surface area contributed by atoms with Gasteiger partial charge in [0.2, 0.25) is 11.7 Å². The third kappa shape index (κ3) is 9.20. The summed E-state index contributed by atoms with van der Waals surface area (Å²) >= 11 is 0. The van der Waals surface area contributed by atoms with Gasteiger partial charge in [-0.05, 0) is 107 Å². The number of nitrogens with two attached hydrogens (primary N) is 1. The standard InChI is InChI=1S/C27H24N4O2.C26H19N3O.CH5NO.ClH/c1-29-20-8-5-7-18(14-20)19-11-13-24-23(15-19)27(30-26(28)31(2)33-27)16-25(32-24)22-12-10-17-6-3-4-9-21(17)22;1-27-20-8-5-7-18(14-20)19-11-13-25-23(15-19)24(29-28-2)16-26(30-25)22-12-10-17-6-3-4-9-21(17)22;1-2-3;/h3-9,11,13-15,22,25H,10,12,16H2,2H3,(H2,28,30);3-9,11,13-15,22,26H,10,12,16H2;2-3H,1H3;1H/b;29-24-;;. The number of benzene rings is 6. The van der Waals surface area contributed by atoms with Gasteiger partial charge in [0.1, 0.15) is 29.4 Å². The van der Waals surface area contributed by atoms with E-state index in [9.17, 15) is 0 Å². The zero-order valence-electron chi connectivity index (χ0n) is 37.1. The van der Waals surface area contributed by atoms with Crippen molar-refractivity contribution in [2.75, 3.05) is 14.1 Å². The van der Waals surface area contributed by atoms with Crippen molar-refractivity contribution in [2.24, 2.45) is 15.8 Å². The average molecular weight is 909 g/mol. The fourth-order valence-electron chi connectivity index (χ4n) is 10.1. The molecular formula is C54H49ClN8O4. The zero-order chi connectivity index (χ0) is 45.8. The molecule has 5 aliphatic rings. The Labute approximate surface area is 397 Å². The largest absolute Gasteiger partial charge is 0.489 e. The molecule has 0 fully saturated rings. The second-order valence-electron chi connectivity index (χ2n) is 16.9. The number of fused-ring (bicyclic) bond motifs is 5. The molecule has 0 saturated carbocycles. The predicted octanol–water partition coefficient (Wildman–Crippen LogP) is 11.6. The molecule has 2 aliphatic carbocycles. The molecule has 6 aromatic rings. The average Bonchev–Trinajstić information content (AvgIpc) is 4.07. The predicted molar refractivity (Wildman–Crippen MR) is 263 cm³/mol. The van der Waals surface area contributed by atoms with Gasteiger partial charge < -0.3 is 20.4 Å². The van der Waals surface area contributed by atoms with Gasteiger partial charge in [0.15, 0.2) is 11.4 Å². The van der Waals surface area contributed by atoms with Crippen molar-refractivity contribution in [3.05, 3.63) is 201 Å². The fourth-order valence-corrected chi connectivity index (χ4v) is 10.1. The second-order valence-corrected chi connectivity index (χ2v) is 16.9. The summed E-state index contributed by atoms with van der Waals surface area (Å²) in [6.45, 7) is 21.9. The third-order valence-electron chi connectivity index (χ3n) is 13.1. The van der Waals surface area contributed by atoms with E-state index < -0.39 is 5.72 Å². The number of ether oxygens (including phenoxy) is 2. The Morgan fingerprint density at radius 2 is 1.25 bits per heavy atom. The van der Waals surface area contributed by atoms with Crippen LogP contribution in [0.25, 0.3) is 36.9 Å². The quantitative estimate of drug-likeness (QED) is 0.119. The van der Waals surface area contributed by atoms with Crippen LogP contribution in [-0.4, -0.2) is 48.2 Å². The molecular weight excluding hydrogens is 860 g/mol. The number of nitrogens with zero attached hydrogens (tertiary/aromatic N) is 6. The van der Waals surface area contributed by atoms with Gasteiger partial charge in [0, 0.05) is 44.3 Å². The summed E-state index contributed by atoms with van der Waals surface area (Å²) in [4.78, 5) is 21.6. The van der Waals surface area contributed by atoms with Crippen LogP contribution in [0.2, 0.25) is 0 Å². The molecule has 13 heteroatoms. The molecule has 5 atom stereocenters. The number of nitrogens with one attached hydrogen (secondary N) is 1. The van der Waals surface area contributed by atoms with Crippen LogP contribution >= 0.6 is 12.4 Å². The van der Waals surface area contributed by atoms with Gasteiger partial charge in [-0.1, -0.05) is 97.1 Å². The molecule has 0 radical (unpaired) electrons. The van der Waals surface area contributed by atoms with Gasteiger partial charge in [-0.15, -0.1) is 17.4 Å². The molecule has 0 saturated heterocycles. The summed E-state index contributed by atoms with van der Waals surface area (Å²) in [5, 5.41) is 13.0. The Hall–Kier alpha value is -7.50. The van der Waals surface area contributed by atoms with Crippen molar-refractivity contribution in [3.63, 3.8) is 0 Å². The van der Waals surface area contributed by atoms with Gasteiger partial charge in [-0.2, -0.15) is 6.57 Å². The highest BCUT2D eigenvalue weighted by atomic mass is 35.5. The maximum Gasteiger partial charge on any atom is 0.221 e. The highest BCUT2D eigenvalue weighted by Gasteiger charge is 2.51. The maximum atomic E-state index is 7.33. The van der Waals surface area contributed by atoms with E-state index in [4.69, 9.17) is 50.0 Å². The van der Waals surface area contributed by atoms with Crippen LogP contribution in [0.5, 0.6) is 11.5 Å². The van der Waals surface area contributed by atoms with Gasteiger partial charge in [-0.3, -0.25) is 0 Å². The summed E-state index contributed by atoms with van der Waals surface area (Å²) in [6, 6.07) is 44.5. The first-order valence-corrected chi connectivity index (χ1v) is 22.0. The number of guanidine groups is 1. The summed E-state index contributed by atoms with van der Waals surface area (Å²) in [6.07, 6.45) is 5.36. The van der Waals surface area contributed by atoms with Crippen molar-refractivity contribution in [2.45, 2.75) is 68.3 Å². The Morgan fingerprint density at radius 1 is 0.716 bits per heavy atom. The van der Waals surface area contributed by atoms with Crippen molar-refractivity contribution in [1.29, 1.82) is 0 Å². The van der Waals surface area contributed by atoms with Crippen molar-refractivity contribution in [3.8, 4) is 33.8 Å². The molecule has 0 aromatic heterocycles. The number of aliphatic imine (C=N–C) groups is 1. The molecule has 5 unspecified atom stereocenters. The first-order chi connectivity index (χ1) is 32.2. The number of rotatable bonds is 4. The minimum absolute atomic E-state index is 0. The highest BCUT2D eigenvalue weighted by Crippen LogP contribution is 2.51. The van der Waals surface area contributed by atoms with Crippen LogP contribution in [0.4, 0.5) is 11.4 Å². The molecule has 1 spiro atoms. The Morgan fingerprint density at radius 3 is 1.82 bits per heavy atom. The molecule has 0 bridgehead atoms. The van der Waals surface area contributed by atoms with E-state index in [1.54, 1.807) is 23.7 Å². The van der Waals surface area contributed by atoms with Crippen molar-refractivity contribution in [1.82, 2.24) is 10.5 Å². The van der Waals surface area contributed by atoms with Crippen LogP contribution < -0.4 is 20.7 Å². The van der Waals surface area contributed by atoms with E-state index in [-0.39, 0.29) is 30.5 Å². The van der Waals surface area contributed by atoms with Crippen molar-refractivity contribution < 1.29 is 19.5 Å². The first-order valence-electron chi connectivity index (χ1n) is 22.0. The van der Waals surface area contributed by atoms with E-state index in [1.165, 1.54) is 29.3 Å². The molecule has 67 heavy (non-hydrogen) atoms. The SMILES string of the molecule is CNO.Cl.[C-]#[N+]/N=C1/CC(C2CCc3ccccc32)Oc2ccc(-c3cccc([N+]#[C-])c3)cc21.[C-]#[N+]c1cccc(-c2ccc3c(c2)C2(CC(C4CCc5ccccc54)O3)N=C(N)N(C)O2)c1. The molecule has 12 nitrogen and oxygen atoms in total. The number of aryl methyl sites for hydroxylation is 2. The van der Waals surface area contributed by atoms with E-state index in [2.05, 4.69) is 74.3 Å². The summed E-state index contributed by atoms with van der Waals surface area (Å²) in [5.74, 6) is 2.51. The van der Waals surface area contributed by atoms with Gasteiger partial charge >= 0.3 is 0 Å². The molecule has 336 valence electrons. The fraction of sp³-hybridized carbons (Fsp3) is 0.241. The summed E-state index contributed by atoms with van der Waals surface area (Å²) in [5.41, 5.74) is 20.2. The number of halogens is 1. The lowest BCUT2D eigenvalue weighted by molar-refractivity contribution is -0.192. The smallest absolute Gasteiger partial charge is 0.221 e. The van der Waals surface area contributed by atoms with Crippen molar-refractivity contribution >= 4 is 35.5 Å². The topological polar surface area (TPSA) is 127 Å². The lowest BCUT2D eigenvalue weighted by Crippen LogP contribution is -2.41. The van der Waals surface area contributed by atoms with Crippen LogP contribution in [-0.2, 0) is 23.4 Å². The molecule has 3 heterocycles. The minimum atomic E-state index is -0.929. The van der Waals surface area contributed by atoms with Crippen LogP contribution in [0.3, 0.4) is 0 Å². The number of hydrogen-bond acceptors (Lipinski definition) is 9. The third-order valence-corrected chi connectivity index (χ3v) is 13.1. The monoisotopic (exact) mass is 908 g/mol. The Bertz CT molecular complexity index is 3010. The van der Waals surface area contributed by atoms with E-state index in [0.29, 0.717) is 36.1 Å². The second kappa shape index (κ2) is 19.9. The summed E-state index contributed by atoms with van der Waals surface area (Å²) in [7, 11) is 3.21. The van der Waals surface area contributed by atoms with Gasteiger partial charge in [0.25, 0.3) is 0 Å². The van der Waals surface area contributed by atoms with Gasteiger partial charge in [-0.25, -0.2) is 30.1 Å². The number of hydroxylamine groups is 3. The molecule has 3 aliphatic heterocycles. The lowest BCUT2D eigenvalue weighted by atomic mass is 9.84. The molecule has 4 N–H and O–H groups in total. The normalized spacial score (nSPS) is 21.9. The van der Waals surface area contributed by atoms with Crippen LogP contribution in [0.15, 0.2) is 144 Å². The lowest BCUT2D eigenvalue weighted by Gasteiger charge is -2.39.